The van der Waals surface area contributed by atoms with Crippen molar-refractivity contribution in [2.45, 2.75) is 30.7 Å². The molecule has 1 N–H and O–H groups in total. The average Bonchev–Trinajstić information content (AvgIpc) is 3.02. The highest BCUT2D eigenvalue weighted by atomic mass is 32.2. The van der Waals surface area contributed by atoms with E-state index in [-0.39, 0.29) is 16.8 Å². The van der Waals surface area contributed by atoms with E-state index in [1.165, 1.54) is 18.4 Å². The molecule has 0 saturated heterocycles. The van der Waals surface area contributed by atoms with Crippen LogP contribution in [0.2, 0.25) is 0 Å². The van der Waals surface area contributed by atoms with Crippen LogP contribution < -0.4 is 5.32 Å². The van der Waals surface area contributed by atoms with E-state index in [2.05, 4.69) is 10.3 Å². The summed E-state index contributed by atoms with van der Waals surface area (Å²) in [5, 5.41) is 3.00. The van der Waals surface area contributed by atoms with Gasteiger partial charge in [0.05, 0.1) is 22.0 Å². The van der Waals surface area contributed by atoms with E-state index in [0.717, 1.165) is 16.9 Å². The first kappa shape index (κ1) is 21.0. The Kier molecular flexibility index (Phi) is 6.04. The van der Waals surface area contributed by atoms with Crippen LogP contribution in [0.15, 0.2) is 53.4 Å². The van der Waals surface area contributed by atoms with Crippen LogP contribution in [0.5, 0.6) is 0 Å². The van der Waals surface area contributed by atoms with Gasteiger partial charge in [-0.1, -0.05) is 30.3 Å². The van der Waals surface area contributed by atoms with Gasteiger partial charge in [-0.05, 0) is 30.7 Å². The van der Waals surface area contributed by atoms with Gasteiger partial charge in [0.2, 0.25) is 15.9 Å². The summed E-state index contributed by atoms with van der Waals surface area (Å²) < 4.78 is 27.8. The summed E-state index contributed by atoms with van der Waals surface area (Å²) >= 11 is 0. The van der Waals surface area contributed by atoms with E-state index < -0.39 is 10.0 Å². The number of imidazole rings is 1. The smallest absolute Gasteiger partial charge is 0.242 e. The molecule has 2 aromatic carbocycles. The number of fused-ring (bicyclic) bond motifs is 1. The SMILES string of the molecule is CC(NC(=O)CCc1nc2cc(S(=O)(=O)N(C)C)ccc2n1C)c1ccccc1. The molecule has 7 nitrogen and oxygen atoms in total. The fourth-order valence-electron chi connectivity index (χ4n) is 3.19. The number of hydrogen-bond acceptors (Lipinski definition) is 4. The minimum Gasteiger partial charge on any atom is -0.350 e. The Morgan fingerprint density at radius 2 is 1.86 bits per heavy atom. The lowest BCUT2D eigenvalue weighted by atomic mass is 10.1. The van der Waals surface area contributed by atoms with E-state index in [9.17, 15) is 13.2 Å². The molecule has 8 heteroatoms. The van der Waals surface area contributed by atoms with Gasteiger partial charge in [0.25, 0.3) is 0 Å². The third kappa shape index (κ3) is 4.49. The molecule has 154 valence electrons. The maximum atomic E-state index is 12.4. The predicted octanol–water partition coefficient (Wildman–Crippen LogP) is 2.63. The van der Waals surface area contributed by atoms with Gasteiger partial charge in [0, 0.05) is 34.0 Å². The van der Waals surface area contributed by atoms with Gasteiger partial charge in [0.15, 0.2) is 0 Å². The van der Waals surface area contributed by atoms with E-state index in [4.69, 9.17) is 0 Å². The van der Waals surface area contributed by atoms with Gasteiger partial charge in [-0.2, -0.15) is 0 Å². The van der Waals surface area contributed by atoms with Gasteiger partial charge in [-0.3, -0.25) is 4.79 Å². The topological polar surface area (TPSA) is 84.3 Å². The van der Waals surface area contributed by atoms with Gasteiger partial charge in [-0.15, -0.1) is 0 Å². The Labute approximate surface area is 171 Å². The third-order valence-corrected chi connectivity index (χ3v) is 6.79. The number of nitrogens with one attached hydrogen (secondary N) is 1. The second kappa shape index (κ2) is 8.34. The number of rotatable bonds is 7. The lowest BCUT2D eigenvalue weighted by Gasteiger charge is -2.14. The zero-order valence-corrected chi connectivity index (χ0v) is 17.9. The Balaban J connectivity index is 1.72. The zero-order valence-electron chi connectivity index (χ0n) is 17.1. The van der Waals surface area contributed by atoms with Crippen LogP contribution in [0.1, 0.15) is 30.8 Å². The molecule has 29 heavy (non-hydrogen) atoms. The van der Waals surface area contributed by atoms with Crippen molar-refractivity contribution in [3.8, 4) is 0 Å². The molecule has 0 fully saturated rings. The van der Waals surface area contributed by atoms with Crippen molar-refractivity contribution in [2.75, 3.05) is 14.1 Å². The van der Waals surface area contributed by atoms with Gasteiger partial charge < -0.3 is 9.88 Å². The highest BCUT2D eigenvalue weighted by Gasteiger charge is 2.19. The highest BCUT2D eigenvalue weighted by molar-refractivity contribution is 7.89. The summed E-state index contributed by atoms with van der Waals surface area (Å²) in [5.74, 6) is 0.686. The summed E-state index contributed by atoms with van der Waals surface area (Å²) in [6.45, 7) is 1.95. The Morgan fingerprint density at radius 3 is 2.52 bits per heavy atom. The summed E-state index contributed by atoms with van der Waals surface area (Å²) in [7, 11) is 1.35. The van der Waals surface area contributed by atoms with Crippen molar-refractivity contribution >= 4 is 27.0 Å². The summed E-state index contributed by atoms with van der Waals surface area (Å²) in [5.41, 5.74) is 2.48. The van der Waals surface area contributed by atoms with Crippen LogP contribution in [0.25, 0.3) is 11.0 Å². The number of sulfonamides is 1. The molecule has 0 aliphatic carbocycles. The first-order valence-corrected chi connectivity index (χ1v) is 10.9. The Hall–Kier alpha value is -2.71. The third-order valence-electron chi connectivity index (χ3n) is 4.98. The molecule has 0 aliphatic heterocycles. The first-order valence-electron chi connectivity index (χ1n) is 9.42. The monoisotopic (exact) mass is 414 g/mol. The van der Waals surface area contributed by atoms with Crippen LogP contribution in [0, 0.1) is 0 Å². The number of aromatic nitrogens is 2. The van der Waals surface area contributed by atoms with Crippen LogP contribution in [-0.2, 0) is 28.3 Å². The fraction of sp³-hybridized carbons (Fsp3) is 0.333. The second-order valence-electron chi connectivity index (χ2n) is 7.22. The number of hydrogen-bond donors (Lipinski definition) is 1. The second-order valence-corrected chi connectivity index (χ2v) is 9.38. The summed E-state index contributed by atoms with van der Waals surface area (Å²) in [4.78, 5) is 17.1. The highest BCUT2D eigenvalue weighted by Crippen LogP contribution is 2.22. The molecule has 3 aromatic rings. The zero-order chi connectivity index (χ0) is 21.2. The molecule has 3 rings (SSSR count). The van der Waals surface area contributed by atoms with Crippen molar-refractivity contribution in [2.24, 2.45) is 7.05 Å². The van der Waals surface area contributed by atoms with Crippen molar-refractivity contribution in [1.29, 1.82) is 0 Å². The molecule has 0 radical (unpaired) electrons. The lowest BCUT2D eigenvalue weighted by Crippen LogP contribution is -2.27. The minimum atomic E-state index is -3.52. The molecule has 0 saturated carbocycles. The fourth-order valence-corrected chi connectivity index (χ4v) is 4.11. The first-order chi connectivity index (χ1) is 13.7. The number of carbonyl (C=O) groups is 1. The van der Waals surface area contributed by atoms with Gasteiger partial charge in [-0.25, -0.2) is 17.7 Å². The van der Waals surface area contributed by atoms with Crippen LogP contribution >= 0.6 is 0 Å². The Morgan fingerprint density at radius 1 is 1.17 bits per heavy atom. The molecular formula is C21H26N4O3S. The van der Waals surface area contributed by atoms with Crippen molar-refractivity contribution in [1.82, 2.24) is 19.2 Å². The Bertz CT molecular complexity index is 1120. The molecule has 1 heterocycles. The van der Waals surface area contributed by atoms with Crippen LogP contribution in [0.4, 0.5) is 0 Å². The largest absolute Gasteiger partial charge is 0.350 e. The number of carbonyl (C=O) groups excluding carboxylic acids is 1. The van der Waals surface area contributed by atoms with Crippen molar-refractivity contribution < 1.29 is 13.2 Å². The molecule has 0 spiro atoms. The maximum Gasteiger partial charge on any atom is 0.242 e. The molecular weight excluding hydrogens is 388 g/mol. The van der Waals surface area contributed by atoms with E-state index in [0.29, 0.717) is 18.4 Å². The van der Waals surface area contributed by atoms with E-state index in [1.807, 2.05) is 48.9 Å². The van der Waals surface area contributed by atoms with E-state index in [1.54, 1.807) is 18.2 Å². The van der Waals surface area contributed by atoms with E-state index >= 15 is 0 Å². The van der Waals surface area contributed by atoms with Crippen molar-refractivity contribution in [3.05, 3.63) is 59.9 Å². The van der Waals surface area contributed by atoms with Gasteiger partial charge in [0.1, 0.15) is 5.82 Å². The van der Waals surface area contributed by atoms with Crippen LogP contribution in [-0.4, -0.2) is 42.3 Å². The number of benzene rings is 2. The quantitative estimate of drug-likeness (QED) is 0.644. The lowest BCUT2D eigenvalue weighted by molar-refractivity contribution is -0.121. The normalized spacial score (nSPS) is 13.0. The molecule has 0 aliphatic rings. The van der Waals surface area contributed by atoms with Crippen molar-refractivity contribution in [3.63, 3.8) is 0 Å². The van der Waals surface area contributed by atoms with Crippen LogP contribution in [0.3, 0.4) is 0 Å². The predicted molar refractivity (Wildman–Crippen MR) is 113 cm³/mol. The molecule has 1 unspecified atom stereocenters. The molecule has 1 aromatic heterocycles. The summed E-state index contributed by atoms with van der Waals surface area (Å²) in [6.07, 6.45) is 0.769. The average molecular weight is 415 g/mol. The molecule has 1 amide bonds. The number of aryl methyl sites for hydroxylation is 2. The maximum absolute atomic E-state index is 12.4. The number of nitrogens with zero attached hydrogens (tertiary/aromatic N) is 3. The molecule has 1 atom stereocenters. The number of amides is 1. The molecule has 0 bridgehead atoms. The van der Waals surface area contributed by atoms with Gasteiger partial charge >= 0.3 is 0 Å². The summed E-state index contributed by atoms with van der Waals surface area (Å²) in [6, 6.07) is 14.6. The minimum absolute atomic E-state index is 0.0516. The standard InChI is InChI=1S/C21H26N4O3S/c1-15(16-8-6-5-7-9-16)22-21(26)13-12-20-23-18-14-17(29(27,28)24(2)3)10-11-19(18)25(20)4/h5-11,14-15H,12-13H2,1-4H3,(H,22,26).